The fourth-order valence-electron chi connectivity index (χ4n) is 12.3. The molecule has 6 rings (SSSR count). The van der Waals surface area contributed by atoms with E-state index < -0.39 is 5.97 Å². The molecule has 6 aliphatic rings. The van der Waals surface area contributed by atoms with Crippen LogP contribution in [0.1, 0.15) is 99.8 Å². The molecular weight excluding hydrogens is 554 g/mol. The van der Waals surface area contributed by atoms with Crippen molar-refractivity contribution in [3.8, 4) is 0 Å². The van der Waals surface area contributed by atoms with Gasteiger partial charge >= 0.3 is 5.97 Å². The summed E-state index contributed by atoms with van der Waals surface area (Å²) in [5.74, 6) is 0.586. The molecule has 2 bridgehead atoms. The normalized spacial score (nSPS) is 48.9. The standard InChI is InChI=1S/C37H61NO6/c1-23(2)24(3)32(4)13-14-34(6)25-9-10-28-33(5)20-43-22-37(28,26(25)11-12-35(34,7)29(32)31(39)40)19-27(41-8)30(33)44-21-36(38)15-17-42-18-16-36/h11,23-25,27-30H,9-10,12-22,38H2,1-8H3,(H,39,40)/t24-,25+,27-,28+,29-,30+,32-,33+,34-,35+,37+/m1/s1. The van der Waals surface area contributed by atoms with Crippen molar-refractivity contribution in [3.05, 3.63) is 11.6 Å². The molecule has 11 atom stereocenters. The lowest BCUT2D eigenvalue weighted by Crippen LogP contribution is -2.70. The van der Waals surface area contributed by atoms with Gasteiger partial charge in [-0.1, -0.05) is 60.1 Å². The molecule has 2 heterocycles. The van der Waals surface area contributed by atoms with E-state index in [9.17, 15) is 9.90 Å². The molecule has 3 N–H and O–H groups in total. The third-order valence-electron chi connectivity index (χ3n) is 15.4. The van der Waals surface area contributed by atoms with Crippen molar-refractivity contribution < 1.29 is 28.8 Å². The van der Waals surface area contributed by atoms with Crippen LogP contribution in [-0.2, 0) is 23.7 Å². The first-order chi connectivity index (χ1) is 20.6. The SMILES string of the molecule is CO[C@@H]1C[C@@]23COC[C@@](C)([C@@H]2CC[C@H]2C3=CC[C@@]3(C)[C@H](C(=O)O)[C@@](C)([C@H](C)C(C)C)CC[C@]23C)[C@H]1OCC1(N)CCOCC1. The maximum Gasteiger partial charge on any atom is 0.307 e. The Labute approximate surface area is 266 Å². The number of rotatable bonds is 7. The van der Waals surface area contributed by atoms with Gasteiger partial charge in [-0.05, 0) is 91.3 Å². The maximum atomic E-state index is 13.3. The first-order valence-electron chi connectivity index (χ1n) is 17.6. The van der Waals surface area contributed by atoms with Gasteiger partial charge in [0, 0.05) is 36.7 Å². The third-order valence-corrected chi connectivity index (χ3v) is 15.4. The molecule has 0 unspecified atom stereocenters. The number of methoxy groups -OCH3 is 1. The summed E-state index contributed by atoms with van der Waals surface area (Å²) in [6.07, 6.45) is 9.97. The van der Waals surface area contributed by atoms with Crippen LogP contribution >= 0.6 is 0 Å². The minimum Gasteiger partial charge on any atom is -0.481 e. The molecule has 7 heteroatoms. The Morgan fingerprint density at radius 1 is 1.02 bits per heavy atom. The first kappa shape index (κ1) is 32.9. The predicted octanol–water partition coefficient (Wildman–Crippen LogP) is 6.48. The fraction of sp³-hybridized carbons (Fsp3) is 0.919. The van der Waals surface area contributed by atoms with Crippen molar-refractivity contribution in [2.45, 2.75) is 118 Å². The summed E-state index contributed by atoms with van der Waals surface area (Å²) in [6.45, 7) is 19.5. The molecule has 0 aromatic carbocycles. The van der Waals surface area contributed by atoms with Crippen LogP contribution in [0.5, 0.6) is 0 Å². The van der Waals surface area contributed by atoms with Gasteiger partial charge in [0.05, 0.1) is 37.9 Å². The number of ether oxygens (including phenoxy) is 4. The van der Waals surface area contributed by atoms with Gasteiger partial charge in [0.15, 0.2) is 0 Å². The lowest BCUT2D eigenvalue weighted by Gasteiger charge is -2.71. The molecule has 5 fully saturated rings. The second-order valence-electron chi connectivity index (χ2n) is 17.5. The number of nitrogens with two attached hydrogens (primary N) is 1. The average molecular weight is 616 g/mol. The molecule has 0 spiro atoms. The summed E-state index contributed by atoms with van der Waals surface area (Å²) in [6, 6.07) is 0. The minimum absolute atomic E-state index is 0.0438. The molecular formula is C37H61NO6. The molecule has 7 nitrogen and oxygen atoms in total. The highest BCUT2D eigenvalue weighted by Crippen LogP contribution is 2.75. The Morgan fingerprint density at radius 2 is 1.73 bits per heavy atom. The Balaban J connectivity index is 1.36. The largest absolute Gasteiger partial charge is 0.481 e. The zero-order valence-electron chi connectivity index (χ0n) is 28.9. The van der Waals surface area contributed by atoms with E-state index in [0.717, 1.165) is 58.0 Å². The first-order valence-corrected chi connectivity index (χ1v) is 17.6. The van der Waals surface area contributed by atoms with Crippen LogP contribution in [0.4, 0.5) is 0 Å². The average Bonchev–Trinajstić information content (AvgIpc) is 2.96. The molecule has 0 amide bonds. The number of carboxylic acids is 1. The number of hydrogen-bond donors (Lipinski definition) is 2. The Bertz CT molecular complexity index is 1150. The van der Waals surface area contributed by atoms with E-state index in [0.29, 0.717) is 50.1 Å². The van der Waals surface area contributed by atoms with Gasteiger partial charge in [0.2, 0.25) is 0 Å². The predicted molar refractivity (Wildman–Crippen MR) is 171 cm³/mol. The molecule has 0 aromatic rings. The van der Waals surface area contributed by atoms with Crippen molar-refractivity contribution in [1.29, 1.82) is 0 Å². The third kappa shape index (κ3) is 4.48. The molecule has 0 radical (unpaired) electrons. The molecule has 0 aromatic heterocycles. The van der Waals surface area contributed by atoms with Crippen LogP contribution in [0.15, 0.2) is 11.6 Å². The van der Waals surface area contributed by atoms with Crippen LogP contribution < -0.4 is 5.73 Å². The van der Waals surface area contributed by atoms with E-state index in [-0.39, 0.29) is 50.7 Å². The lowest BCUT2D eigenvalue weighted by atomic mass is 9.34. The lowest BCUT2D eigenvalue weighted by molar-refractivity contribution is -0.270. The van der Waals surface area contributed by atoms with Crippen molar-refractivity contribution in [1.82, 2.24) is 0 Å². The summed E-state index contributed by atoms with van der Waals surface area (Å²) in [4.78, 5) is 13.3. The minimum atomic E-state index is -0.606. The van der Waals surface area contributed by atoms with Gasteiger partial charge in [-0.15, -0.1) is 0 Å². The summed E-state index contributed by atoms with van der Waals surface area (Å²) in [5.41, 5.74) is 7.06. The second-order valence-corrected chi connectivity index (χ2v) is 17.5. The monoisotopic (exact) mass is 615 g/mol. The topological polar surface area (TPSA) is 100 Å². The fourth-order valence-corrected chi connectivity index (χ4v) is 12.3. The van der Waals surface area contributed by atoms with Gasteiger partial charge in [-0.25, -0.2) is 0 Å². The van der Waals surface area contributed by atoms with Gasteiger partial charge in [-0.3, -0.25) is 4.79 Å². The van der Waals surface area contributed by atoms with Gasteiger partial charge < -0.3 is 29.8 Å². The molecule has 250 valence electrons. The maximum absolute atomic E-state index is 13.3. The number of aliphatic carboxylic acids is 1. The van der Waals surface area contributed by atoms with Crippen LogP contribution in [0, 0.1) is 56.7 Å². The molecule has 3 saturated carbocycles. The highest BCUT2D eigenvalue weighted by atomic mass is 16.5. The quantitative estimate of drug-likeness (QED) is 0.316. The Morgan fingerprint density at radius 3 is 2.36 bits per heavy atom. The van der Waals surface area contributed by atoms with E-state index in [4.69, 9.17) is 24.7 Å². The number of carbonyl (C=O) groups is 1. The van der Waals surface area contributed by atoms with Crippen molar-refractivity contribution in [2.75, 3.05) is 40.1 Å². The summed E-state index contributed by atoms with van der Waals surface area (Å²) < 4.78 is 25.4. The van der Waals surface area contributed by atoms with Crippen molar-refractivity contribution in [2.24, 2.45) is 62.4 Å². The second kappa shape index (κ2) is 11.0. The summed E-state index contributed by atoms with van der Waals surface area (Å²) >= 11 is 0. The number of fused-ring (bicyclic) bond motifs is 3. The zero-order chi connectivity index (χ0) is 31.9. The van der Waals surface area contributed by atoms with Crippen LogP contribution in [0.2, 0.25) is 0 Å². The highest BCUT2D eigenvalue weighted by molar-refractivity contribution is 5.73. The van der Waals surface area contributed by atoms with Crippen molar-refractivity contribution >= 4 is 5.97 Å². The van der Waals surface area contributed by atoms with Gasteiger partial charge in [-0.2, -0.15) is 0 Å². The molecule has 2 saturated heterocycles. The van der Waals surface area contributed by atoms with Crippen molar-refractivity contribution in [3.63, 3.8) is 0 Å². The Kier molecular flexibility index (Phi) is 8.26. The number of allylic oxidation sites excluding steroid dienone is 1. The summed E-state index contributed by atoms with van der Waals surface area (Å²) in [5, 5.41) is 11.0. The molecule has 4 aliphatic carbocycles. The van der Waals surface area contributed by atoms with E-state index in [1.54, 1.807) is 5.57 Å². The molecule has 44 heavy (non-hydrogen) atoms. The van der Waals surface area contributed by atoms with E-state index in [1.807, 2.05) is 7.11 Å². The highest BCUT2D eigenvalue weighted by Gasteiger charge is 2.71. The van der Waals surface area contributed by atoms with Crippen LogP contribution in [0.3, 0.4) is 0 Å². The van der Waals surface area contributed by atoms with E-state index in [2.05, 4.69) is 54.5 Å². The smallest absolute Gasteiger partial charge is 0.307 e. The van der Waals surface area contributed by atoms with Gasteiger partial charge in [0.1, 0.15) is 0 Å². The molecule has 2 aliphatic heterocycles. The van der Waals surface area contributed by atoms with Crippen LogP contribution in [-0.4, -0.2) is 69.0 Å². The zero-order valence-corrected chi connectivity index (χ0v) is 28.9. The number of carboxylic acid groups (broad SMARTS) is 1. The van der Waals surface area contributed by atoms with Crippen LogP contribution in [0.25, 0.3) is 0 Å². The summed E-state index contributed by atoms with van der Waals surface area (Å²) in [7, 11) is 1.84. The van der Waals surface area contributed by atoms with Gasteiger partial charge in [0.25, 0.3) is 0 Å². The van der Waals surface area contributed by atoms with E-state index >= 15 is 0 Å². The van der Waals surface area contributed by atoms with E-state index in [1.165, 1.54) is 0 Å². The number of hydrogen-bond acceptors (Lipinski definition) is 6. The Hall–Kier alpha value is -0.990.